The molecule has 0 aliphatic carbocycles. The molecule has 0 radical (unpaired) electrons. The van der Waals surface area contributed by atoms with E-state index in [-0.39, 0.29) is 22.8 Å². The Labute approximate surface area is 90.3 Å². The first-order valence-corrected chi connectivity index (χ1v) is 4.61. The molecule has 0 spiro atoms. The van der Waals surface area contributed by atoms with Crippen molar-refractivity contribution in [3.8, 4) is 0 Å². The SMILES string of the molecule is CNC(=O)c1cn(C)c2nc(N)[nH]c(=O)c12. The van der Waals surface area contributed by atoms with Crippen LogP contribution in [0.4, 0.5) is 5.95 Å². The molecule has 0 saturated heterocycles. The van der Waals surface area contributed by atoms with Crippen LogP contribution in [0.5, 0.6) is 0 Å². The molecule has 2 aromatic heterocycles. The molecule has 2 rings (SSSR count). The van der Waals surface area contributed by atoms with E-state index in [1.807, 2.05) is 0 Å². The first kappa shape index (κ1) is 10.2. The fourth-order valence-corrected chi connectivity index (χ4v) is 1.60. The van der Waals surface area contributed by atoms with Gasteiger partial charge in [-0.1, -0.05) is 0 Å². The van der Waals surface area contributed by atoms with Crippen molar-refractivity contribution in [2.45, 2.75) is 0 Å². The summed E-state index contributed by atoms with van der Waals surface area (Å²) in [5.41, 5.74) is 5.69. The van der Waals surface area contributed by atoms with Crippen LogP contribution >= 0.6 is 0 Å². The monoisotopic (exact) mass is 221 g/mol. The number of carbonyl (C=O) groups excluding carboxylic acids is 1. The molecular weight excluding hydrogens is 210 g/mol. The summed E-state index contributed by atoms with van der Waals surface area (Å²) in [5, 5.41) is 2.71. The number of nitrogens with two attached hydrogens (primary N) is 1. The topological polar surface area (TPSA) is 106 Å². The van der Waals surface area contributed by atoms with E-state index >= 15 is 0 Å². The Hall–Kier alpha value is -2.31. The molecule has 0 aromatic carbocycles. The lowest BCUT2D eigenvalue weighted by Gasteiger charge is -1.97. The van der Waals surface area contributed by atoms with Gasteiger partial charge in [-0.05, 0) is 0 Å². The molecule has 7 heteroatoms. The van der Waals surface area contributed by atoms with E-state index in [1.54, 1.807) is 17.8 Å². The summed E-state index contributed by atoms with van der Waals surface area (Å²) in [6.45, 7) is 0. The first-order chi connectivity index (χ1) is 7.54. The zero-order valence-electron chi connectivity index (χ0n) is 8.87. The van der Waals surface area contributed by atoms with Crippen LogP contribution in [-0.2, 0) is 7.05 Å². The number of nitrogen functional groups attached to an aromatic ring is 1. The molecule has 0 fully saturated rings. The van der Waals surface area contributed by atoms with Crippen LogP contribution in [0.2, 0.25) is 0 Å². The molecule has 0 atom stereocenters. The van der Waals surface area contributed by atoms with E-state index in [0.29, 0.717) is 5.65 Å². The third kappa shape index (κ3) is 1.33. The van der Waals surface area contributed by atoms with Crippen LogP contribution in [0, 0.1) is 0 Å². The van der Waals surface area contributed by atoms with Crippen molar-refractivity contribution in [1.29, 1.82) is 0 Å². The minimum atomic E-state index is -0.415. The lowest BCUT2D eigenvalue weighted by atomic mass is 10.2. The molecule has 2 heterocycles. The van der Waals surface area contributed by atoms with Crippen molar-refractivity contribution in [2.24, 2.45) is 7.05 Å². The van der Waals surface area contributed by atoms with Gasteiger partial charge in [-0.2, -0.15) is 4.98 Å². The number of H-pyrrole nitrogens is 1. The highest BCUT2D eigenvalue weighted by atomic mass is 16.2. The number of anilines is 1. The number of hydrogen-bond acceptors (Lipinski definition) is 4. The molecule has 1 amide bonds. The fraction of sp³-hybridized carbons (Fsp3) is 0.222. The van der Waals surface area contributed by atoms with Gasteiger partial charge in [-0.25, -0.2) is 0 Å². The summed E-state index contributed by atoms with van der Waals surface area (Å²) >= 11 is 0. The van der Waals surface area contributed by atoms with Crippen LogP contribution < -0.4 is 16.6 Å². The smallest absolute Gasteiger partial charge is 0.262 e. The first-order valence-electron chi connectivity index (χ1n) is 4.61. The van der Waals surface area contributed by atoms with Gasteiger partial charge in [-0.15, -0.1) is 0 Å². The fourth-order valence-electron chi connectivity index (χ4n) is 1.60. The Morgan fingerprint density at radius 2 is 2.31 bits per heavy atom. The molecule has 0 aliphatic rings. The normalized spacial score (nSPS) is 10.6. The molecule has 0 unspecified atom stereocenters. The number of aryl methyl sites for hydroxylation is 1. The Morgan fingerprint density at radius 1 is 1.62 bits per heavy atom. The predicted octanol–water partition coefficient (Wildman–Crippen LogP) is -0.797. The summed E-state index contributed by atoms with van der Waals surface area (Å²) in [4.78, 5) is 29.6. The summed E-state index contributed by atoms with van der Waals surface area (Å²) in [6, 6.07) is 0. The van der Waals surface area contributed by atoms with E-state index in [9.17, 15) is 9.59 Å². The Balaban J connectivity index is 2.89. The highest BCUT2D eigenvalue weighted by Crippen LogP contribution is 2.14. The van der Waals surface area contributed by atoms with Gasteiger partial charge in [0.05, 0.1) is 10.9 Å². The van der Waals surface area contributed by atoms with Gasteiger partial charge in [0.25, 0.3) is 11.5 Å². The van der Waals surface area contributed by atoms with E-state index in [0.717, 1.165) is 0 Å². The highest BCUT2D eigenvalue weighted by molar-refractivity contribution is 6.05. The zero-order valence-corrected chi connectivity index (χ0v) is 8.87. The molecule has 0 bridgehead atoms. The van der Waals surface area contributed by atoms with Crippen molar-refractivity contribution >= 4 is 22.9 Å². The molecule has 7 nitrogen and oxygen atoms in total. The number of fused-ring (bicyclic) bond motifs is 1. The Bertz CT molecular complexity index is 625. The number of amides is 1. The van der Waals surface area contributed by atoms with Crippen LogP contribution in [0.25, 0.3) is 11.0 Å². The third-order valence-corrected chi connectivity index (χ3v) is 2.32. The molecule has 4 N–H and O–H groups in total. The van der Waals surface area contributed by atoms with Gasteiger partial charge in [0.2, 0.25) is 5.95 Å². The maximum Gasteiger partial charge on any atom is 0.262 e. The number of rotatable bonds is 1. The number of carbonyl (C=O) groups is 1. The molecule has 0 aliphatic heterocycles. The maximum atomic E-state index is 11.7. The van der Waals surface area contributed by atoms with Crippen molar-refractivity contribution in [3.63, 3.8) is 0 Å². The van der Waals surface area contributed by atoms with Crippen LogP contribution in [0.3, 0.4) is 0 Å². The summed E-state index contributed by atoms with van der Waals surface area (Å²) in [6.07, 6.45) is 1.55. The number of nitrogens with zero attached hydrogens (tertiary/aromatic N) is 2. The van der Waals surface area contributed by atoms with E-state index in [4.69, 9.17) is 5.73 Å². The minimum Gasteiger partial charge on any atom is -0.369 e. The van der Waals surface area contributed by atoms with Crippen LogP contribution in [0.15, 0.2) is 11.0 Å². The largest absolute Gasteiger partial charge is 0.369 e. The number of aromatic amines is 1. The summed E-state index contributed by atoms with van der Waals surface area (Å²) in [5.74, 6) is -0.301. The molecular formula is C9H11N5O2. The van der Waals surface area contributed by atoms with Crippen molar-refractivity contribution in [2.75, 3.05) is 12.8 Å². The average Bonchev–Trinajstić information content (AvgIpc) is 2.55. The van der Waals surface area contributed by atoms with Gasteiger partial charge in [-0.3, -0.25) is 14.6 Å². The standard InChI is InChI=1S/C9H11N5O2/c1-11-7(15)4-3-14(2)6-5(4)8(16)13-9(10)12-6/h3H,1-2H3,(H,11,15)(H3,10,12,13,16). The lowest BCUT2D eigenvalue weighted by Crippen LogP contribution is -2.20. The second-order valence-corrected chi connectivity index (χ2v) is 3.38. The Morgan fingerprint density at radius 3 is 2.94 bits per heavy atom. The zero-order chi connectivity index (χ0) is 11.9. The van der Waals surface area contributed by atoms with Crippen LogP contribution in [-0.4, -0.2) is 27.5 Å². The number of aromatic nitrogens is 3. The van der Waals surface area contributed by atoms with Gasteiger partial charge < -0.3 is 15.6 Å². The van der Waals surface area contributed by atoms with E-state index in [2.05, 4.69) is 15.3 Å². The van der Waals surface area contributed by atoms with Crippen molar-refractivity contribution in [3.05, 3.63) is 22.1 Å². The average molecular weight is 221 g/mol. The minimum absolute atomic E-state index is 0.0298. The van der Waals surface area contributed by atoms with E-state index < -0.39 is 5.56 Å². The molecule has 16 heavy (non-hydrogen) atoms. The second kappa shape index (κ2) is 3.37. The third-order valence-electron chi connectivity index (χ3n) is 2.32. The maximum absolute atomic E-state index is 11.7. The predicted molar refractivity (Wildman–Crippen MR) is 59.1 cm³/mol. The molecule has 2 aromatic rings. The molecule has 0 saturated carbocycles. The van der Waals surface area contributed by atoms with Gasteiger partial charge in [0, 0.05) is 20.3 Å². The lowest BCUT2D eigenvalue weighted by molar-refractivity contribution is 0.0964. The highest BCUT2D eigenvalue weighted by Gasteiger charge is 2.17. The molecule has 84 valence electrons. The number of nitrogens with one attached hydrogen (secondary N) is 2. The number of hydrogen-bond donors (Lipinski definition) is 3. The van der Waals surface area contributed by atoms with Crippen molar-refractivity contribution in [1.82, 2.24) is 19.9 Å². The quantitative estimate of drug-likeness (QED) is 0.586. The van der Waals surface area contributed by atoms with Crippen molar-refractivity contribution < 1.29 is 4.79 Å². The van der Waals surface area contributed by atoms with E-state index in [1.165, 1.54) is 7.05 Å². The van der Waals surface area contributed by atoms with Gasteiger partial charge in [0.1, 0.15) is 5.65 Å². The van der Waals surface area contributed by atoms with Crippen LogP contribution in [0.1, 0.15) is 10.4 Å². The van der Waals surface area contributed by atoms with Gasteiger partial charge >= 0.3 is 0 Å². The summed E-state index contributed by atoms with van der Waals surface area (Å²) < 4.78 is 1.59. The summed E-state index contributed by atoms with van der Waals surface area (Å²) in [7, 11) is 3.20. The van der Waals surface area contributed by atoms with Gasteiger partial charge in [0.15, 0.2) is 0 Å². The Kier molecular flexibility index (Phi) is 2.15. The second-order valence-electron chi connectivity index (χ2n) is 3.38.